The smallest absolute Gasteiger partial charge is 0.258 e. The molecule has 1 aliphatic heterocycles. The maximum Gasteiger partial charge on any atom is 0.258 e. The number of hydrogen-bond acceptors (Lipinski definition) is 5. The van der Waals surface area contributed by atoms with Crippen molar-refractivity contribution in [1.29, 1.82) is 0 Å². The summed E-state index contributed by atoms with van der Waals surface area (Å²) in [5.74, 6) is 1.09. The monoisotopic (exact) mass is 316 g/mol. The van der Waals surface area contributed by atoms with Crippen LogP contribution in [0.1, 0.15) is 11.6 Å². The second-order valence-corrected chi connectivity index (χ2v) is 4.99. The van der Waals surface area contributed by atoms with Crippen LogP contribution in [-0.4, -0.2) is 58.8 Å². The van der Waals surface area contributed by atoms with Crippen molar-refractivity contribution in [3.63, 3.8) is 0 Å². The van der Waals surface area contributed by atoms with E-state index in [4.69, 9.17) is 14.2 Å². The third-order valence-electron chi connectivity index (χ3n) is 3.84. The lowest BCUT2D eigenvalue weighted by atomic mass is 10.0. The minimum absolute atomic E-state index is 0.297. The predicted octanol–water partition coefficient (Wildman–Crippen LogP) is 1.92. The molecule has 124 valence electrons. The summed E-state index contributed by atoms with van der Waals surface area (Å²) in [6, 6.07) is 2.23. The van der Waals surface area contributed by atoms with E-state index in [-0.39, 0.29) is 0 Å². The molecule has 0 saturated carbocycles. The van der Waals surface area contributed by atoms with Gasteiger partial charge in [-0.1, -0.05) is 0 Å². The molecule has 0 radical (unpaired) electrons. The van der Waals surface area contributed by atoms with Gasteiger partial charge >= 0.3 is 0 Å². The number of benzene rings is 1. The normalized spacial score (nSPS) is 17.4. The molecular weight excluding hydrogens is 294 g/mol. The topological polar surface area (TPSA) is 43.0 Å². The van der Waals surface area contributed by atoms with Crippen molar-refractivity contribution in [2.45, 2.75) is 12.5 Å². The Labute approximate surface area is 129 Å². The van der Waals surface area contributed by atoms with Crippen LogP contribution in [-0.2, 0) is 0 Å². The summed E-state index contributed by atoms with van der Waals surface area (Å²) in [5.41, 5.74) is 0.414. The maximum atomic E-state index is 13.7. The van der Waals surface area contributed by atoms with Gasteiger partial charge in [0.05, 0.1) is 21.3 Å². The minimum Gasteiger partial charge on any atom is -0.493 e. The molecule has 7 heteroatoms. The first kappa shape index (κ1) is 16.8. The summed E-state index contributed by atoms with van der Waals surface area (Å²) in [4.78, 5) is 1.77. The van der Waals surface area contributed by atoms with Crippen LogP contribution in [0.2, 0.25) is 0 Å². The van der Waals surface area contributed by atoms with Gasteiger partial charge < -0.3 is 19.5 Å². The molecule has 0 bridgehead atoms. The molecule has 1 aliphatic rings. The maximum absolute atomic E-state index is 13.7. The molecule has 0 aromatic heterocycles. The van der Waals surface area contributed by atoms with Crippen molar-refractivity contribution in [1.82, 2.24) is 10.2 Å². The van der Waals surface area contributed by atoms with Crippen LogP contribution < -0.4 is 19.5 Å². The van der Waals surface area contributed by atoms with E-state index in [0.29, 0.717) is 49.0 Å². The van der Waals surface area contributed by atoms with E-state index in [1.807, 2.05) is 0 Å². The number of methoxy groups -OCH3 is 3. The molecule has 0 unspecified atom stereocenters. The minimum atomic E-state index is -2.52. The van der Waals surface area contributed by atoms with E-state index < -0.39 is 12.5 Å². The quantitative estimate of drug-likeness (QED) is 0.869. The highest BCUT2D eigenvalue weighted by atomic mass is 19.3. The zero-order valence-electron chi connectivity index (χ0n) is 13.1. The first-order chi connectivity index (χ1) is 10.6. The summed E-state index contributed by atoms with van der Waals surface area (Å²) in [6.07, 6.45) is -2.52. The second-order valence-electron chi connectivity index (χ2n) is 4.99. The van der Waals surface area contributed by atoms with Crippen molar-refractivity contribution in [2.24, 2.45) is 0 Å². The Bertz CT molecular complexity index is 494. The fourth-order valence-corrected chi connectivity index (χ4v) is 2.81. The summed E-state index contributed by atoms with van der Waals surface area (Å²) >= 11 is 0. The Morgan fingerprint density at radius 1 is 1.00 bits per heavy atom. The average Bonchev–Trinajstić information content (AvgIpc) is 2.55. The highest BCUT2D eigenvalue weighted by molar-refractivity contribution is 5.56. The number of nitrogens with one attached hydrogen (secondary N) is 1. The van der Waals surface area contributed by atoms with Gasteiger partial charge in [-0.3, -0.25) is 4.90 Å². The van der Waals surface area contributed by atoms with E-state index in [2.05, 4.69) is 5.32 Å². The second kappa shape index (κ2) is 7.60. The average molecular weight is 316 g/mol. The van der Waals surface area contributed by atoms with Gasteiger partial charge in [0.2, 0.25) is 5.75 Å². The van der Waals surface area contributed by atoms with Crippen LogP contribution in [0.25, 0.3) is 0 Å². The lowest BCUT2D eigenvalue weighted by Crippen LogP contribution is -2.47. The van der Waals surface area contributed by atoms with Crippen LogP contribution in [0.3, 0.4) is 0 Å². The van der Waals surface area contributed by atoms with Crippen molar-refractivity contribution in [2.75, 3.05) is 47.5 Å². The highest BCUT2D eigenvalue weighted by Crippen LogP contribution is 2.44. The van der Waals surface area contributed by atoms with E-state index in [0.717, 1.165) is 0 Å². The van der Waals surface area contributed by atoms with E-state index >= 15 is 0 Å². The molecule has 5 nitrogen and oxygen atoms in total. The molecule has 1 saturated heterocycles. The van der Waals surface area contributed by atoms with Gasteiger partial charge in [0, 0.05) is 31.7 Å². The molecule has 2 rings (SSSR count). The van der Waals surface area contributed by atoms with E-state index in [9.17, 15) is 8.78 Å². The highest BCUT2D eigenvalue weighted by Gasteiger charge is 2.34. The van der Waals surface area contributed by atoms with Crippen LogP contribution >= 0.6 is 0 Å². The van der Waals surface area contributed by atoms with Crippen LogP contribution in [0, 0.1) is 0 Å². The van der Waals surface area contributed by atoms with Gasteiger partial charge in [-0.2, -0.15) is 0 Å². The molecule has 1 aromatic rings. The van der Waals surface area contributed by atoms with Crippen molar-refractivity contribution >= 4 is 0 Å². The first-order valence-corrected chi connectivity index (χ1v) is 7.15. The Balaban J connectivity index is 2.46. The molecule has 1 fully saturated rings. The summed E-state index contributed by atoms with van der Waals surface area (Å²) in [7, 11) is 4.41. The van der Waals surface area contributed by atoms with Gasteiger partial charge in [0.1, 0.15) is 6.04 Å². The fourth-order valence-electron chi connectivity index (χ4n) is 2.81. The largest absolute Gasteiger partial charge is 0.493 e. The summed E-state index contributed by atoms with van der Waals surface area (Å²) in [5, 5.41) is 3.17. The molecule has 1 heterocycles. The molecule has 0 amide bonds. The molecule has 1 atom stereocenters. The van der Waals surface area contributed by atoms with Crippen LogP contribution in [0.15, 0.2) is 12.1 Å². The number of hydrogen-bond donors (Lipinski definition) is 1. The standard InChI is InChI=1S/C15H22F2N2O3/c1-20-11-5-4-10(13(21-2)14(11)22-3)12(15(16)17)19-8-6-18-7-9-19/h4-5,12,15,18H,6-9H2,1-3H3/t12-/m0/s1. The lowest BCUT2D eigenvalue weighted by Gasteiger charge is -2.35. The molecular formula is C15H22F2N2O3. The SMILES string of the molecule is COc1ccc([C@@H](C(F)F)N2CCNCC2)c(OC)c1OC. The zero-order valence-corrected chi connectivity index (χ0v) is 13.1. The Morgan fingerprint density at radius 3 is 2.14 bits per heavy atom. The van der Waals surface area contributed by atoms with E-state index in [1.165, 1.54) is 21.3 Å². The molecule has 22 heavy (non-hydrogen) atoms. The number of alkyl halides is 2. The van der Waals surface area contributed by atoms with Gasteiger partial charge in [0.25, 0.3) is 6.43 Å². The summed E-state index contributed by atoms with van der Waals surface area (Å²) < 4.78 is 43.3. The fraction of sp³-hybridized carbons (Fsp3) is 0.600. The Kier molecular flexibility index (Phi) is 5.79. The van der Waals surface area contributed by atoms with Gasteiger partial charge in [0.15, 0.2) is 11.5 Å². The molecule has 0 spiro atoms. The number of nitrogens with zero attached hydrogens (tertiary/aromatic N) is 1. The van der Waals surface area contributed by atoms with Crippen molar-refractivity contribution in [3.05, 3.63) is 17.7 Å². The first-order valence-electron chi connectivity index (χ1n) is 7.15. The van der Waals surface area contributed by atoms with Gasteiger partial charge in [-0.05, 0) is 12.1 Å². The zero-order chi connectivity index (χ0) is 16.1. The summed E-state index contributed by atoms with van der Waals surface area (Å²) in [6.45, 7) is 2.51. The van der Waals surface area contributed by atoms with Crippen LogP contribution in [0.4, 0.5) is 8.78 Å². The van der Waals surface area contributed by atoms with Crippen molar-refractivity contribution < 1.29 is 23.0 Å². The number of rotatable bonds is 6. The molecule has 0 aliphatic carbocycles. The molecule has 1 N–H and O–H groups in total. The van der Waals surface area contributed by atoms with Gasteiger partial charge in [-0.15, -0.1) is 0 Å². The number of piperazine rings is 1. The third-order valence-corrected chi connectivity index (χ3v) is 3.84. The van der Waals surface area contributed by atoms with Crippen molar-refractivity contribution in [3.8, 4) is 17.2 Å². The van der Waals surface area contributed by atoms with Gasteiger partial charge in [-0.25, -0.2) is 8.78 Å². The van der Waals surface area contributed by atoms with E-state index in [1.54, 1.807) is 17.0 Å². The van der Waals surface area contributed by atoms with Crippen LogP contribution in [0.5, 0.6) is 17.2 Å². The number of ether oxygens (including phenoxy) is 3. The third kappa shape index (κ3) is 3.25. The number of halogens is 2. The Morgan fingerprint density at radius 2 is 1.64 bits per heavy atom. The lowest BCUT2D eigenvalue weighted by molar-refractivity contribution is 0.0168. The Hall–Kier alpha value is -1.60. The predicted molar refractivity (Wildman–Crippen MR) is 79.3 cm³/mol. The molecule has 1 aromatic carbocycles.